The quantitative estimate of drug-likeness (QED) is 0.685. The Morgan fingerprint density at radius 1 is 1.57 bits per heavy atom. The molecule has 1 heterocycles. The molecule has 2 aliphatic rings. The Hall–Kier alpha value is -0.610. The van der Waals surface area contributed by atoms with Gasteiger partial charge in [-0.2, -0.15) is 0 Å². The topological polar surface area (TPSA) is 41.6 Å². The summed E-state index contributed by atoms with van der Waals surface area (Å²) in [6.07, 6.45) is 2.36. The van der Waals surface area contributed by atoms with Crippen LogP contribution in [0.3, 0.4) is 0 Å². The number of rotatable bonds is 3. The fraction of sp³-hybridized carbons (Fsp3) is 0.900. The van der Waals surface area contributed by atoms with Crippen molar-refractivity contribution in [1.82, 2.24) is 10.2 Å². The van der Waals surface area contributed by atoms with Crippen molar-refractivity contribution in [1.29, 1.82) is 0 Å². The first kappa shape index (κ1) is 9.93. The van der Waals surface area contributed by atoms with E-state index in [0.29, 0.717) is 18.4 Å². The molecule has 0 bridgehead atoms. The third-order valence-electron chi connectivity index (χ3n) is 2.81. The van der Waals surface area contributed by atoms with E-state index < -0.39 is 0 Å². The second kappa shape index (κ2) is 4.28. The Balaban J connectivity index is 1.83. The maximum Gasteiger partial charge on any atom is 0.225 e. The van der Waals surface area contributed by atoms with Crippen molar-refractivity contribution in [3.8, 4) is 0 Å². The van der Waals surface area contributed by atoms with Crippen LogP contribution in [0.1, 0.15) is 12.8 Å². The van der Waals surface area contributed by atoms with Gasteiger partial charge in [-0.1, -0.05) is 0 Å². The summed E-state index contributed by atoms with van der Waals surface area (Å²) in [5, 5.41) is 3.08. The number of morpholine rings is 1. The van der Waals surface area contributed by atoms with E-state index in [1.807, 2.05) is 11.9 Å². The molecule has 2 fully saturated rings. The van der Waals surface area contributed by atoms with E-state index in [0.717, 1.165) is 32.5 Å². The van der Waals surface area contributed by atoms with Gasteiger partial charge in [-0.05, 0) is 19.9 Å². The normalized spacial score (nSPS) is 27.8. The number of ether oxygens (including phenoxy) is 1. The minimum absolute atomic E-state index is 0.177. The van der Waals surface area contributed by atoms with Crippen LogP contribution in [0.2, 0.25) is 0 Å². The summed E-state index contributed by atoms with van der Waals surface area (Å²) in [4.78, 5) is 13.7. The SMILES string of the molecule is CNCC1CN(C(=O)C2CC2)CCO1. The molecule has 0 aromatic carbocycles. The van der Waals surface area contributed by atoms with Crippen molar-refractivity contribution in [2.45, 2.75) is 18.9 Å². The average molecular weight is 198 g/mol. The highest BCUT2D eigenvalue weighted by Gasteiger charge is 2.35. The lowest BCUT2D eigenvalue weighted by molar-refractivity contribution is -0.139. The number of nitrogens with one attached hydrogen (secondary N) is 1. The molecule has 1 saturated carbocycles. The molecule has 80 valence electrons. The number of hydrogen-bond acceptors (Lipinski definition) is 3. The van der Waals surface area contributed by atoms with E-state index in [1.165, 1.54) is 0 Å². The fourth-order valence-corrected chi connectivity index (χ4v) is 1.86. The lowest BCUT2D eigenvalue weighted by Gasteiger charge is -2.33. The van der Waals surface area contributed by atoms with Gasteiger partial charge in [-0.3, -0.25) is 4.79 Å². The fourth-order valence-electron chi connectivity index (χ4n) is 1.86. The molecule has 1 amide bonds. The number of carbonyl (C=O) groups is 1. The van der Waals surface area contributed by atoms with Gasteiger partial charge in [0.15, 0.2) is 0 Å². The highest BCUT2D eigenvalue weighted by molar-refractivity contribution is 5.81. The zero-order valence-corrected chi connectivity index (χ0v) is 8.66. The van der Waals surface area contributed by atoms with Gasteiger partial charge in [0.1, 0.15) is 0 Å². The van der Waals surface area contributed by atoms with E-state index in [1.54, 1.807) is 0 Å². The van der Waals surface area contributed by atoms with E-state index >= 15 is 0 Å². The first-order valence-corrected chi connectivity index (χ1v) is 5.36. The van der Waals surface area contributed by atoms with E-state index in [9.17, 15) is 4.79 Å². The summed E-state index contributed by atoms with van der Waals surface area (Å²) >= 11 is 0. The molecule has 0 aromatic heterocycles. The minimum Gasteiger partial charge on any atom is -0.373 e. The maximum atomic E-state index is 11.8. The third-order valence-corrected chi connectivity index (χ3v) is 2.81. The van der Waals surface area contributed by atoms with Crippen molar-refractivity contribution in [3.63, 3.8) is 0 Å². The lowest BCUT2D eigenvalue weighted by Crippen LogP contribution is -2.49. The zero-order valence-electron chi connectivity index (χ0n) is 8.66. The van der Waals surface area contributed by atoms with Crippen molar-refractivity contribution in [3.05, 3.63) is 0 Å². The maximum absolute atomic E-state index is 11.8. The average Bonchev–Trinajstić information content (AvgIpc) is 3.01. The molecule has 0 radical (unpaired) electrons. The zero-order chi connectivity index (χ0) is 9.97. The monoisotopic (exact) mass is 198 g/mol. The Morgan fingerprint density at radius 2 is 2.36 bits per heavy atom. The van der Waals surface area contributed by atoms with Gasteiger partial charge in [0.2, 0.25) is 5.91 Å². The summed E-state index contributed by atoms with van der Waals surface area (Å²) < 4.78 is 5.54. The molecular weight excluding hydrogens is 180 g/mol. The number of carbonyl (C=O) groups excluding carboxylic acids is 1. The molecule has 2 rings (SSSR count). The van der Waals surface area contributed by atoms with Crippen molar-refractivity contribution < 1.29 is 9.53 Å². The highest BCUT2D eigenvalue weighted by Crippen LogP contribution is 2.31. The first-order chi connectivity index (χ1) is 6.81. The summed E-state index contributed by atoms with van der Waals surface area (Å²) in [6.45, 7) is 3.05. The lowest BCUT2D eigenvalue weighted by atomic mass is 10.2. The second-order valence-corrected chi connectivity index (χ2v) is 4.11. The number of likely N-dealkylation sites (N-methyl/N-ethyl adjacent to an activating group) is 1. The molecule has 4 heteroatoms. The van der Waals surface area contributed by atoms with E-state index in [2.05, 4.69) is 5.32 Å². The second-order valence-electron chi connectivity index (χ2n) is 4.11. The van der Waals surface area contributed by atoms with Gasteiger partial charge < -0.3 is 15.0 Å². The van der Waals surface area contributed by atoms with Crippen LogP contribution < -0.4 is 5.32 Å². The summed E-state index contributed by atoms with van der Waals surface area (Å²) in [5.74, 6) is 0.678. The van der Waals surface area contributed by atoms with Crippen molar-refractivity contribution >= 4 is 5.91 Å². The standard InChI is InChI=1S/C10H18N2O2/c1-11-6-9-7-12(4-5-14-9)10(13)8-2-3-8/h8-9,11H,2-7H2,1H3. The molecule has 0 spiro atoms. The van der Waals surface area contributed by atoms with Crippen LogP contribution in [0, 0.1) is 5.92 Å². The predicted molar refractivity (Wildman–Crippen MR) is 53.0 cm³/mol. The van der Waals surface area contributed by atoms with Crippen LogP contribution in [0.4, 0.5) is 0 Å². The summed E-state index contributed by atoms with van der Waals surface area (Å²) in [5.41, 5.74) is 0. The van der Waals surface area contributed by atoms with Crippen molar-refractivity contribution in [2.24, 2.45) is 5.92 Å². The van der Waals surface area contributed by atoms with Crippen LogP contribution in [0.5, 0.6) is 0 Å². The molecule has 14 heavy (non-hydrogen) atoms. The molecule has 1 unspecified atom stereocenters. The van der Waals surface area contributed by atoms with Gasteiger partial charge in [0, 0.05) is 25.6 Å². The van der Waals surface area contributed by atoms with Gasteiger partial charge >= 0.3 is 0 Å². The Kier molecular flexibility index (Phi) is 3.03. The summed E-state index contributed by atoms with van der Waals surface area (Å²) in [7, 11) is 1.91. The molecule has 1 atom stereocenters. The Bertz CT molecular complexity index is 214. The van der Waals surface area contributed by atoms with Crippen LogP contribution >= 0.6 is 0 Å². The van der Waals surface area contributed by atoms with Gasteiger partial charge in [0.25, 0.3) is 0 Å². The number of hydrogen-bond donors (Lipinski definition) is 1. The smallest absolute Gasteiger partial charge is 0.225 e. The predicted octanol–water partition coefficient (Wildman–Crippen LogP) is -0.157. The molecule has 4 nitrogen and oxygen atoms in total. The van der Waals surface area contributed by atoms with Crippen molar-refractivity contribution in [2.75, 3.05) is 33.3 Å². The Morgan fingerprint density at radius 3 is 3.00 bits per heavy atom. The molecule has 1 aliphatic carbocycles. The molecule has 1 aliphatic heterocycles. The van der Waals surface area contributed by atoms with E-state index in [-0.39, 0.29) is 6.10 Å². The minimum atomic E-state index is 0.177. The number of nitrogens with zero attached hydrogens (tertiary/aromatic N) is 1. The summed E-state index contributed by atoms with van der Waals surface area (Å²) in [6, 6.07) is 0. The van der Waals surface area contributed by atoms with Crippen LogP contribution in [-0.4, -0.2) is 50.2 Å². The Labute approximate surface area is 84.6 Å². The molecule has 1 N–H and O–H groups in total. The van der Waals surface area contributed by atoms with Crippen LogP contribution in [-0.2, 0) is 9.53 Å². The van der Waals surface area contributed by atoms with Crippen LogP contribution in [0.25, 0.3) is 0 Å². The first-order valence-electron chi connectivity index (χ1n) is 5.36. The van der Waals surface area contributed by atoms with Crippen LogP contribution in [0.15, 0.2) is 0 Å². The molecule has 1 saturated heterocycles. The van der Waals surface area contributed by atoms with Gasteiger partial charge in [0.05, 0.1) is 12.7 Å². The molecular formula is C10H18N2O2. The largest absolute Gasteiger partial charge is 0.373 e. The van der Waals surface area contributed by atoms with Gasteiger partial charge in [-0.15, -0.1) is 0 Å². The highest BCUT2D eigenvalue weighted by atomic mass is 16.5. The third kappa shape index (κ3) is 2.25. The molecule has 0 aromatic rings. The number of amides is 1. The van der Waals surface area contributed by atoms with Gasteiger partial charge in [-0.25, -0.2) is 0 Å². The van der Waals surface area contributed by atoms with E-state index in [4.69, 9.17) is 4.74 Å².